The first kappa shape index (κ1) is 14.7. The third-order valence-corrected chi connectivity index (χ3v) is 3.00. The van der Waals surface area contributed by atoms with Gasteiger partial charge in [-0.3, -0.25) is 9.69 Å². The van der Waals surface area contributed by atoms with Crippen LogP contribution in [0.15, 0.2) is 0 Å². The fourth-order valence-corrected chi connectivity index (χ4v) is 1.88. The van der Waals surface area contributed by atoms with Gasteiger partial charge in [0.1, 0.15) is 6.04 Å². The lowest BCUT2D eigenvalue weighted by Gasteiger charge is -2.23. The Labute approximate surface area is 106 Å². The van der Waals surface area contributed by atoms with E-state index >= 15 is 0 Å². The molecule has 1 atom stereocenters. The first-order valence-electron chi connectivity index (χ1n) is 6.16. The summed E-state index contributed by atoms with van der Waals surface area (Å²) in [5, 5.41) is 20.0. The number of carboxylic acid groups (broad SMARTS) is 1. The van der Waals surface area contributed by atoms with Crippen LogP contribution in [-0.2, 0) is 4.79 Å². The lowest BCUT2D eigenvalue weighted by Crippen LogP contribution is -2.47. The number of hydrogen-bond acceptors (Lipinski definition) is 4. The van der Waals surface area contributed by atoms with Crippen molar-refractivity contribution in [3.05, 3.63) is 0 Å². The van der Waals surface area contributed by atoms with Crippen LogP contribution >= 0.6 is 0 Å². The number of aliphatic hydroxyl groups excluding tert-OH is 1. The number of carbonyl (C=O) groups excluding carboxylic acids is 1. The number of nitrogens with one attached hydrogen (secondary N) is 1. The van der Waals surface area contributed by atoms with Gasteiger partial charge in [0.2, 0.25) is 0 Å². The minimum absolute atomic E-state index is 0.113. The fraction of sp³-hybridized carbons (Fsp3) is 0.818. The van der Waals surface area contributed by atoms with E-state index in [2.05, 4.69) is 10.2 Å². The van der Waals surface area contributed by atoms with Crippen molar-refractivity contribution in [2.45, 2.75) is 19.4 Å². The van der Waals surface area contributed by atoms with Crippen LogP contribution in [0.5, 0.6) is 0 Å². The molecule has 1 heterocycles. The van der Waals surface area contributed by atoms with E-state index in [1.165, 1.54) is 6.92 Å². The molecule has 0 aromatic heterocycles. The number of urea groups is 1. The van der Waals surface area contributed by atoms with Crippen LogP contribution in [0.4, 0.5) is 4.79 Å². The predicted molar refractivity (Wildman–Crippen MR) is 65.3 cm³/mol. The quantitative estimate of drug-likeness (QED) is 0.612. The van der Waals surface area contributed by atoms with E-state index < -0.39 is 12.0 Å². The van der Waals surface area contributed by atoms with Gasteiger partial charge in [-0.15, -0.1) is 0 Å². The van der Waals surface area contributed by atoms with Gasteiger partial charge in [-0.25, -0.2) is 4.79 Å². The Hall–Kier alpha value is -1.34. The van der Waals surface area contributed by atoms with E-state index in [0.29, 0.717) is 26.2 Å². The van der Waals surface area contributed by atoms with Crippen molar-refractivity contribution in [2.75, 3.05) is 39.3 Å². The van der Waals surface area contributed by atoms with E-state index in [9.17, 15) is 9.59 Å². The van der Waals surface area contributed by atoms with Gasteiger partial charge in [-0.05, 0) is 19.9 Å². The van der Waals surface area contributed by atoms with Crippen LogP contribution in [0, 0.1) is 0 Å². The summed E-state index contributed by atoms with van der Waals surface area (Å²) in [4.78, 5) is 26.2. The molecule has 18 heavy (non-hydrogen) atoms. The predicted octanol–water partition coefficient (Wildman–Crippen LogP) is -0.831. The normalized spacial score (nSPS) is 19.1. The summed E-state index contributed by atoms with van der Waals surface area (Å²) in [5.41, 5.74) is 0. The van der Waals surface area contributed by atoms with Crippen molar-refractivity contribution >= 4 is 12.0 Å². The Morgan fingerprint density at radius 1 is 1.28 bits per heavy atom. The van der Waals surface area contributed by atoms with Crippen LogP contribution in [0.2, 0.25) is 0 Å². The zero-order valence-corrected chi connectivity index (χ0v) is 10.6. The summed E-state index contributed by atoms with van der Waals surface area (Å²) in [6.07, 6.45) is 0.828. The Bertz CT molecular complexity index is 298. The number of carbonyl (C=O) groups is 2. The number of aliphatic carboxylic acids is 1. The second-order valence-electron chi connectivity index (χ2n) is 4.42. The van der Waals surface area contributed by atoms with Crippen molar-refractivity contribution in [2.24, 2.45) is 0 Å². The number of carboxylic acids is 1. The standard InChI is InChI=1S/C11H21N3O4/c1-9(10(16)17)12-11(18)14-4-2-3-13(5-6-14)7-8-15/h9,15H,2-8H2,1H3,(H,12,18)(H,16,17)/t9-/m1/s1. The number of nitrogens with zero attached hydrogens (tertiary/aromatic N) is 2. The van der Waals surface area contributed by atoms with Crippen LogP contribution in [-0.4, -0.2) is 77.4 Å². The number of amides is 2. The van der Waals surface area contributed by atoms with Gasteiger partial charge < -0.3 is 20.4 Å². The van der Waals surface area contributed by atoms with Gasteiger partial charge in [0.05, 0.1) is 6.61 Å². The maximum atomic E-state index is 11.8. The Balaban J connectivity index is 2.42. The highest BCUT2D eigenvalue weighted by molar-refractivity contribution is 5.82. The number of rotatable bonds is 4. The van der Waals surface area contributed by atoms with Crippen molar-refractivity contribution in [1.29, 1.82) is 0 Å². The second-order valence-corrected chi connectivity index (χ2v) is 4.42. The number of aliphatic hydroxyl groups is 1. The molecular weight excluding hydrogens is 238 g/mol. The summed E-state index contributed by atoms with van der Waals surface area (Å²) in [7, 11) is 0. The molecule has 0 aliphatic carbocycles. The molecule has 0 aromatic rings. The molecule has 7 heteroatoms. The molecule has 1 rings (SSSR count). The van der Waals surface area contributed by atoms with Crippen molar-refractivity contribution in [3.63, 3.8) is 0 Å². The smallest absolute Gasteiger partial charge is 0.325 e. The van der Waals surface area contributed by atoms with Gasteiger partial charge in [0, 0.05) is 26.2 Å². The highest BCUT2D eigenvalue weighted by Gasteiger charge is 2.21. The van der Waals surface area contributed by atoms with Gasteiger partial charge in [-0.1, -0.05) is 0 Å². The molecule has 1 aliphatic rings. The zero-order chi connectivity index (χ0) is 13.5. The Morgan fingerprint density at radius 3 is 2.61 bits per heavy atom. The molecule has 0 spiro atoms. The molecule has 3 N–H and O–H groups in total. The monoisotopic (exact) mass is 259 g/mol. The van der Waals surface area contributed by atoms with Gasteiger partial charge in [0.15, 0.2) is 0 Å². The van der Waals surface area contributed by atoms with Crippen LogP contribution < -0.4 is 5.32 Å². The van der Waals surface area contributed by atoms with Crippen molar-refractivity contribution < 1.29 is 19.8 Å². The zero-order valence-electron chi connectivity index (χ0n) is 10.6. The maximum absolute atomic E-state index is 11.8. The molecule has 0 aromatic carbocycles. The summed E-state index contributed by atoms with van der Waals surface area (Å²) in [5.74, 6) is -1.04. The molecule has 1 aliphatic heterocycles. The molecule has 104 valence electrons. The van der Waals surface area contributed by atoms with Gasteiger partial charge in [0.25, 0.3) is 0 Å². The third kappa shape index (κ3) is 4.50. The first-order valence-corrected chi connectivity index (χ1v) is 6.16. The van der Waals surface area contributed by atoms with Gasteiger partial charge in [-0.2, -0.15) is 0 Å². The molecule has 2 amide bonds. The molecule has 1 saturated heterocycles. The summed E-state index contributed by atoms with van der Waals surface area (Å²) >= 11 is 0. The average Bonchev–Trinajstić information content (AvgIpc) is 2.55. The van der Waals surface area contributed by atoms with E-state index in [0.717, 1.165) is 13.0 Å². The molecule has 0 saturated carbocycles. The lowest BCUT2D eigenvalue weighted by atomic mass is 10.3. The Morgan fingerprint density at radius 2 is 2.00 bits per heavy atom. The van der Waals surface area contributed by atoms with Crippen LogP contribution in [0.1, 0.15) is 13.3 Å². The first-order chi connectivity index (χ1) is 8.54. The highest BCUT2D eigenvalue weighted by atomic mass is 16.4. The molecule has 1 fully saturated rings. The summed E-state index contributed by atoms with van der Waals surface area (Å²) in [6, 6.07) is -1.22. The average molecular weight is 259 g/mol. The Kier molecular flexibility index (Phi) is 5.87. The molecule has 7 nitrogen and oxygen atoms in total. The molecular formula is C11H21N3O4. The van der Waals surface area contributed by atoms with E-state index in [4.69, 9.17) is 10.2 Å². The van der Waals surface area contributed by atoms with Gasteiger partial charge >= 0.3 is 12.0 Å². The third-order valence-electron chi connectivity index (χ3n) is 3.00. The maximum Gasteiger partial charge on any atom is 0.325 e. The molecule has 0 unspecified atom stereocenters. The topological polar surface area (TPSA) is 93.1 Å². The minimum Gasteiger partial charge on any atom is -0.480 e. The van der Waals surface area contributed by atoms with Crippen LogP contribution in [0.25, 0.3) is 0 Å². The SMILES string of the molecule is C[C@@H](NC(=O)N1CCCN(CCO)CC1)C(=O)O. The fourth-order valence-electron chi connectivity index (χ4n) is 1.88. The molecule has 0 radical (unpaired) electrons. The van der Waals surface area contributed by atoms with E-state index in [-0.39, 0.29) is 12.6 Å². The molecule has 0 bridgehead atoms. The van der Waals surface area contributed by atoms with Crippen LogP contribution in [0.3, 0.4) is 0 Å². The number of hydrogen-bond donors (Lipinski definition) is 3. The van der Waals surface area contributed by atoms with Crippen molar-refractivity contribution in [3.8, 4) is 0 Å². The largest absolute Gasteiger partial charge is 0.480 e. The highest BCUT2D eigenvalue weighted by Crippen LogP contribution is 2.03. The minimum atomic E-state index is -1.04. The van der Waals surface area contributed by atoms with E-state index in [1.807, 2.05) is 0 Å². The van der Waals surface area contributed by atoms with Crippen molar-refractivity contribution in [1.82, 2.24) is 15.1 Å². The lowest BCUT2D eigenvalue weighted by molar-refractivity contribution is -0.138. The second kappa shape index (κ2) is 7.17. The number of β-amino-alcohol motifs (C(OH)–C–C–N with tert-alkyl or cyclic N) is 1. The van der Waals surface area contributed by atoms with E-state index in [1.54, 1.807) is 4.90 Å². The summed E-state index contributed by atoms with van der Waals surface area (Å²) in [6.45, 7) is 4.88. The summed E-state index contributed by atoms with van der Waals surface area (Å²) < 4.78 is 0.